The third-order valence-corrected chi connectivity index (χ3v) is 2.46. The number of aromatic nitrogens is 4. The number of imidazole rings is 1. The summed E-state index contributed by atoms with van der Waals surface area (Å²) in [5.41, 5.74) is 7.14. The van der Waals surface area contributed by atoms with E-state index < -0.39 is 0 Å². The summed E-state index contributed by atoms with van der Waals surface area (Å²) in [4.78, 5) is 22.7. The number of H-pyrrole nitrogens is 1. The van der Waals surface area contributed by atoms with E-state index in [4.69, 9.17) is 5.73 Å². The van der Waals surface area contributed by atoms with Crippen molar-refractivity contribution in [2.24, 2.45) is 0 Å². The van der Waals surface area contributed by atoms with Crippen LogP contribution >= 0.6 is 0 Å². The molecule has 0 bridgehead atoms. The topological polar surface area (TPSA) is 89.6 Å². The van der Waals surface area contributed by atoms with E-state index in [0.29, 0.717) is 17.7 Å². The number of allylic oxidation sites excluding steroid dienone is 1. The van der Waals surface area contributed by atoms with E-state index in [0.717, 1.165) is 12.0 Å². The zero-order chi connectivity index (χ0) is 11.7. The van der Waals surface area contributed by atoms with Gasteiger partial charge in [-0.05, 0) is 6.42 Å². The number of nitrogen functional groups attached to an aromatic ring is 1. The number of nitrogens with two attached hydrogens (primary N) is 1. The molecule has 0 saturated heterocycles. The largest absolute Gasteiger partial charge is 0.369 e. The number of nitrogens with one attached hydrogen (secondary N) is 1. The molecule has 0 aromatic carbocycles. The first kappa shape index (κ1) is 10.4. The van der Waals surface area contributed by atoms with E-state index in [1.54, 1.807) is 0 Å². The van der Waals surface area contributed by atoms with Gasteiger partial charge in [0.05, 0.1) is 6.33 Å². The van der Waals surface area contributed by atoms with Crippen LogP contribution in [0.5, 0.6) is 0 Å². The van der Waals surface area contributed by atoms with Crippen LogP contribution in [0.3, 0.4) is 0 Å². The zero-order valence-electron chi connectivity index (χ0n) is 9.03. The van der Waals surface area contributed by atoms with Crippen LogP contribution in [0, 0.1) is 0 Å². The Balaban J connectivity index is 2.60. The molecule has 0 amide bonds. The van der Waals surface area contributed by atoms with Crippen molar-refractivity contribution in [3.8, 4) is 0 Å². The van der Waals surface area contributed by atoms with Gasteiger partial charge in [-0.25, -0.2) is 4.98 Å². The standard InChI is InChI=1S/C10H13N5O/c1-3-6(2)4-15-9(16)7-8(13-5-12-7)14-10(15)11/h5H,2-4H2,1H3,(H2,11,14)(H,12,13). The Bertz CT molecular complexity index is 595. The monoisotopic (exact) mass is 219 g/mol. The number of aromatic amines is 1. The van der Waals surface area contributed by atoms with Crippen LogP contribution in [0.2, 0.25) is 0 Å². The molecule has 6 nitrogen and oxygen atoms in total. The van der Waals surface area contributed by atoms with Crippen molar-refractivity contribution in [2.45, 2.75) is 19.9 Å². The van der Waals surface area contributed by atoms with E-state index in [2.05, 4.69) is 21.5 Å². The average Bonchev–Trinajstić information content (AvgIpc) is 2.71. The number of hydrogen-bond acceptors (Lipinski definition) is 4. The Morgan fingerprint density at radius 3 is 3.12 bits per heavy atom. The summed E-state index contributed by atoms with van der Waals surface area (Å²) >= 11 is 0. The van der Waals surface area contributed by atoms with Gasteiger partial charge in [-0.2, -0.15) is 4.98 Å². The summed E-state index contributed by atoms with van der Waals surface area (Å²) in [5, 5.41) is 0. The summed E-state index contributed by atoms with van der Waals surface area (Å²) in [5.74, 6) is 0.166. The van der Waals surface area contributed by atoms with Crippen LogP contribution in [-0.4, -0.2) is 19.5 Å². The van der Waals surface area contributed by atoms with Crippen molar-refractivity contribution in [1.29, 1.82) is 0 Å². The number of hydrogen-bond donors (Lipinski definition) is 2. The highest BCUT2D eigenvalue weighted by Crippen LogP contribution is 2.07. The first-order chi connectivity index (χ1) is 7.63. The highest BCUT2D eigenvalue weighted by atomic mass is 16.1. The highest BCUT2D eigenvalue weighted by Gasteiger charge is 2.10. The molecular formula is C10H13N5O. The molecule has 6 heteroatoms. The summed E-state index contributed by atoms with van der Waals surface area (Å²) in [6, 6.07) is 0. The van der Waals surface area contributed by atoms with Crippen LogP contribution in [-0.2, 0) is 6.54 Å². The smallest absolute Gasteiger partial charge is 0.281 e. The SMILES string of the molecule is C=C(CC)Cn1c(N)nc2nc[nH]c2c1=O. The molecule has 0 atom stereocenters. The van der Waals surface area contributed by atoms with E-state index in [1.165, 1.54) is 10.9 Å². The molecule has 2 aromatic rings. The quantitative estimate of drug-likeness (QED) is 0.742. The van der Waals surface area contributed by atoms with E-state index in [1.807, 2.05) is 6.92 Å². The van der Waals surface area contributed by atoms with Gasteiger partial charge in [0.1, 0.15) is 0 Å². The second kappa shape index (κ2) is 3.80. The molecule has 2 rings (SSSR count). The predicted molar refractivity (Wildman–Crippen MR) is 62.0 cm³/mol. The molecule has 0 aliphatic carbocycles. The zero-order valence-corrected chi connectivity index (χ0v) is 9.03. The fraction of sp³-hybridized carbons (Fsp3) is 0.300. The lowest BCUT2D eigenvalue weighted by atomic mass is 10.2. The van der Waals surface area contributed by atoms with Gasteiger partial charge < -0.3 is 10.7 Å². The number of rotatable bonds is 3. The van der Waals surface area contributed by atoms with Crippen molar-refractivity contribution >= 4 is 17.1 Å². The lowest BCUT2D eigenvalue weighted by Gasteiger charge is -2.08. The maximum atomic E-state index is 12.0. The molecule has 84 valence electrons. The Kier molecular flexibility index (Phi) is 2.47. The highest BCUT2D eigenvalue weighted by molar-refractivity contribution is 5.69. The second-order valence-corrected chi connectivity index (χ2v) is 3.57. The van der Waals surface area contributed by atoms with Crippen LogP contribution in [0.25, 0.3) is 11.2 Å². The van der Waals surface area contributed by atoms with Crippen molar-refractivity contribution in [3.63, 3.8) is 0 Å². The lowest BCUT2D eigenvalue weighted by Crippen LogP contribution is -2.25. The van der Waals surface area contributed by atoms with Crippen molar-refractivity contribution < 1.29 is 0 Å². The fourth-order valence-corrected chi connectivity index (χ4v) is 1.43. The summed E-state index contributed by atoms with van der Waals surface area (Å²) in [7, 11) is 0. The first-order valence-electron chi connectivity index (χ1n) is 4.99. The molecule has 0 unspecified atom stereocenters. The van der Waals surface area contributed by atoms with E-state index >= 15 is 0 Å². The molecular weight excluding hydrogens is 206 g/mol. The first-order valence-corrected chi connectivity index (χ1v) is 4.99. The Hall–Kier alpha value is -2.11. The van der Waals surface area contributed by atoms with Gasteiger partial charge in [0.25, 0.3) is 5.56 Å². The van der Waals surface area contributed by atoms with Gasteiger partial charge in [-0.1, -0.05) is 19.1 Å². The van der Waals surface area contributed by atoms with Gasteiger partial charge in [0, 0.05) is 6.54 Å². The van der Waals surface area contributed by atoms with Crippen LogP contribution in [0.1, 0.15) is 13.3 Å². The molecule has 0 spiro atoms. The normalized spacial score (nSPS) is 10.8. The van der Waals surface area contributed by atoms with Crippen molar-refractivity contribution in [3.05, 3.63) is 28.8 Å². The van der Waals surface area contributed by atoms with Gasteiger partial charge >= 0.3 is 0 Å². The third-order valence-electron chi connectivity index (χ3n) is 2.46. The van der Waals surface area contributed by atoms with Gasteiger partial charge in [-0.15, -0.1) is 0 Å². The molecule has 0 radical (unpaired) electrons. The van der Waals surface area contributed by atoms with Crippen molar-refractivity contribution in [2.75, 3.05) is 5.73 Å². The van der Waals surface area contributed by atoms with Gasteiger partial charge in [0.15, 0.2) is 11.2 Å². The van der Waals surface area contributed by atoms with Crippen LogP contribution in [0.4, 0.5) is 5.95 Å². The third kappa shape index (κ3) is 1.58. The van der Waals surface area contributed by atoms with Gasteiger partial charge in [0.2, 0.25) is 5.95 Å². The number of fused-ring (bicyclic) bond motifs is 1. The molecule has 2 aromatic heterocycles. The second-order valence-electron chi connectivity index (χ2n) is 3.57. The fourth-order valence-electron chi connectivity index (χ4n) is 1.43. The maximum Gasteiger partial charge on any atom is 0.281 e. The maximum absolute atomic E-state index is 12.0. The number of anilines is 1. The van der Waals surface area contributed by atoms with Crippen LogP contribution < -0.4 is 11.3 Å². The van der Waals surface area contributed by atoms with E-state index in [-0.39, 0.29) is 11.5 Å². The Labute approximate surface area is 91.8 Å². The Morgan fingerprint density at radius 2 is 2.44 bits per heavy atom. The van der Waals surface area contributed by atoms with Gasteiger partial charge in [-0.3, -0.25) is 9.36 Å². The summed E-state index contributed by atoms with van der Waals surface area (Å²) < 4.78 is 1.40. The molecule has 0 aliphatic rings. The predicted octanol–water partition coefficient (Wildman–Crippen LogP) is 0.668. The summed E-state index contributed by atoms with van der Waals surface area (Å²) in [6.07, 6.45) is 2.23. The lowest BCUT2D eigenvalue weighted by molar-refractivity contribution is 0.730. The average molecular weight is 219 g/mol. The molecule has 0 saturated carbocycles. The van der Waals surface area contributed by atoms with Crippen molar-refractivity contribution in [1.82, 2.24) is 19.5 Å². The molecule has 0 aliphatic heterocycles. The minimum absolute atomic E-state index is 0.166. The molecule has 3 N–H and O–H groups in total. The minimum Gasteiger partial charge on any atom is -0.369 e. The van der Waals surface area contributed by atoms with Crippen LogP contribution in [0.15, 0.2) is 23.3 Å². The summed E-state index contributed by atoms with van der Waals surface area (Å²) in [6.45, 7) is 6.22. The molecule has 0 fully saturated rings. The minimum atomic E-state index is -0.213. The van der Waals surface area contributed by atoms with E-state index in [9.17, 15) is 4.79 Å². The molecule has 16 heavy (non-hydrogen) atoms. The Morgan fingerprint density at radius 1 is 1.69 bits per heavy atom. The number of nitrogens with zero attached hydrogens (tertiary/aromatic N) is 3. The molecule has 2 heterocycles.